The number of nitrogens with two attached hydrogens (primary N) is 1. The Morgan fingerprint density at radius 1 is 1.39 bits per heavy atom. The molecule has 0 spiro atoms. The summed E-state index contributed by atoms with van der Waals surface area (Å²) in [6.45, 7) is 7.22. The lowest BCUT2D eigenvalue weighted by Gasteiger charge is -2.16. The molecule has 1 heterocycles. The van der Waals surface area contributed by atoms with Crippen molar-refractivity contribution in [3.63, 3.8) is 0 Å². The number of nitrogens with zero attached hydrogens (tertiary/aromatic N) is 2. The van der Waals surface area contributed by atoms with Crippen LogP contribution >= 0.6 is 0 Å². The predicted molar refractivity (Wildman–Crippen MR) is 73.7 cm³/mol. The summed E-state index contributed by atoms with van der Waals surface area (Å²) in [6, 6.07) is 5.92. The van der Waals surface area contributed by atoms with Gasteiger partial charge in [-0.2, -0.15) is 0 Å². The first-order valence-electron chi connectivity index (χ1n) is 6.38. The molecule has 18 heavy (non-hydrogen) atoms. The van der Waals surface area contributed by atoms with E-state index >= 15 is 0 Å². The van der Waals surface area contributed by atoms with E-state index in [1.165, 1.54) is 0 Å². The molecule has 2 aromatic rings. The summed E-state index contributed by atoms with van der Waals surface area (Å²) in [7, 11) is 1.67. The number of fused-ring (bicyclic) bond motifs is 1. The Hall–Kier alpha value is -1.55. The normalized spacial score (nSPS) is 13.2. The highest BCUT2D eigenvalue weighted by atomic mass is 16.5. The van der Waals surface area contributed by atoms with Crippen molar-refractivity contribution in [2.24, 2.45) is 11.7 Å². The molecule has 4 heteroatoms. The molecule has 0 amide bonds. The summed E-state index contributed by atoms with van der Waals surface area (Å²) < 4.78 is 7.41. The third-order valence-corrected chi connectivity index (χ3v) is 3.32. The fourth-order valence-corrected chi connectivity index (χ4v) is 2.14. The van der Waals surface area contributed by atoms with Crippen molar-refractivity contribution in [1.29, 1.82) is 0 Å². The number of hydrogen-bond acceptors (Lipinski definition) is 3. The Morgan fingerprint density at radius 3 is 2.67 bits per heavy atom. The Morgan fingerprint density at radius 2 is 2.11 bits per heavy atom. The van der Waals surface area contributed by atoms with Gasteiger partial charge in [-0.3, -0.25) is 0 Å². The molecule has 2 N–H and O–H groups in total. The molecule has 0 aliphatic rings. The van der Waals surface area contributed by atoms with Crippen LogP contribution in [0.2, 0.25) is 0 Å². The first-order valence-corrected chi connectivity index (χ1v) is 6.38. The number of rotatable bonds is 4. The highest BCUT2D eigenvalue weighted by molar-refractivity contribution is 5.78. The Bertz CT molecular complexity index is 545. The Labute approximate surface area is 108 Å². The zero-order chi connectivity index (χ0) is 13.3. The van der Waals surface area contributed by atoms with E-state index in [-0.39, 0.29) is 6.04 Å². The molecular weight excluding hydrogens is 226 g/mol. The molecule has 98 valence electrons. The zero-order valence-electron chi connectivity index (χ0n) is 11.5. The van der Waals surface area contributed by atoms with Crippen LogP contribution in [0, 0.1) is 5.92 Å². The zero-order valence-corrected chi connectivity index (χ0v) is 11.5. The quantitative estimate of drug-likeness (QED) is 0.903. The molecule has 0 fully saturated rings. The fraction of sp³-hybridized carbons (Fsp3) is 0.500. The van der Waals surface area contributed by atoms with Gasteiger partial charge in [0.25, 0.3) is 0 Å². The van der Waals surface area contributed by atoms with E-state index in [1.807, 2.05) is 18.2 Å². The van der Waals surface area contributed by atoms with E-state index in [0.29, 0.717) is 5.92 Å². The number of benzene rings is 1. The number of imidazole rings is 1. The Balaban J connectivity index is 2.60. The Kier molecular flexibility index (Phi) is 3.57. The van der Waals surface area contributed by atoms with Crippen LogP contribution in [0.15, 0.2) is 18.2 Å². The van der Waals surface area contributed by atoms with E-state index in [1.54, 1.807) is 7.11 Å². The van der Waals surface area contributed by atoms with Crippen LogP contribution in [0.25, 0.3) is 11.0 Å². The van der Waals surface area contributed by atoms with Gasteiger partial charge >= 0.3 is 0 Å². The second-order valence-electron chi connectivity index (χ2n) is 4.84. The third kappa shape index (κ3) is 2.08. The standard InChI is InChI=1S/C14H21N3O/c1-5-17-12-7-6-10(18-4)8-11(12)16-14(17)13(15)9(2)3/h6-9,13H,5,15H2,1-4H3. The fourth-order valence-electron chi connectivity index (χ4n) is 2.14. The number of ether oxygens (including phenoxy) is 1. The maximum absolute atomic E-state index is 6.23. The van der Waals surface area contributed by atoms with Crippen molar-refractivity contribution >= 4 is 11.0 Å². The topological polar surface area (TPSA) is 53.1 Å². The van der Waals surface area contributed by atoms with E-state index < -0.39 is 0 Å². The van der Waals surface area contributed by atoms with Crippen molar-refractivity contribution in [1.82, 2.24) is 9.55 Å². The molecule has 1 aromatic heterocycles. The minimum absolute atomic E-state index is 0.0386. The van der Waals surface area contributed by atoms with Gasteiger partial charge in [0.1, 0.15) is 11.6 Å². The number of hydrogen-bond donors (Lipinski definition) is 1. The SMILES string of the molecule is CCn1c(C(N)C(C)C)nc2cc(OC)ccc21. The summed E-state index contributed by atoms with van der Waals surface area (Å²) in [6.07, 6.45) is 0. The van der Waals surface area contributed by atoms with Gasteiger partial charge in [-0.1, -0.05) is 13.8 Å². The second-order valence-corrected chi connectivity index (χ2v) is 4.84. The third-order valence-electron chi connectivity index (χ3n) is 3.32. The first kappa shape index (κ1) is 12.9. The maximum Gasteiger partial charge on any atom is 0.127 e. The van der Waals surface area contributed by atoms with Gasteiger partial charge in [0.05, 0.1) is 24.2 Å². The second kappa shape index (κ2) is 4.98. The van der Waals surface area contributed by atoms with Crippen molar-refractivity contribution in [2.45, 2.75) is 33.4 Å². The van der Waals surface area contributed by atoms with Crippen LogP contribution in [0.3, 0.4) is 0 Å². The lowest BCUT2D eigenvalue weighted by molar-refractivity contribution is 0.415. The molecule has 0 saturated carbocycles. The van der Waals surface area contributed by atoms with E-state index in [2.05, 4.69) is 30.3 Å². The van der Waals surface area contributed by atoms with Crippen LogP contribution in [0.5, 0.6) is 5.75 Å². The highest BCUT2D eigenvalue weighted by Crippen LogP contribution is 2.26. The van der Waals surface area contributed by atoms with Gasteiger partial charge in [-0.05, 0) is 25.0 Å². The summed E-state index contributed by atoms with van der Waals surface area (Å²) in [5.74, 6) is 2.15. The van der Waals surface area contributed by atoms with Gasteiger partial charge in [0.2, 0.25) is 0 Å². The van der Waals surface area contributed by atoms with Gasteiger partial charge in [-0.25, -0.2) is 4.98 Å². The van der Waals surface area contributed by atoms with E-state index in [9.17, 15) is 0 Å². The van der Waals surface area contributed by atoms with E-state index in [4.69, 9.17) is 10.5 Å². The van der Waals surface area contributed by atoms with Crippen LogP contribution in [-0.4, -0.2) is 16.7 Å². The summed E-state index contributed by atoms with van der Waals surface area (Å²) >= 11 is 0. The van der Waals surface area contributed by atoms with Crippen molar-refractivity contribution in [3.8, 4) is 5.75 Å². The summed E-state index contributed by atoms with van der Waals surface area (Å²) in [5.41, 5.74) is 8.30. The lowest BCUT2D eigenvalue weighted by Crippen LogP contribution is -2.21. The highest BCUT2D eigenvalue weighted by Gasteiger charge is 2.19. The van der Waals surface area contributed by atoms with Crippen LogP contribution in [0.4, 0.5) is 0 Å². The van der Waals surface area contributed by atoms with Crippen LogP contribution in [0.1, 0.15) is 32.6 Å². The van der Waals surface area contributed by atoms with Crippen molar-refractivity contribution < 1.29 is 4.74 Å². The molecule has 1 atom stereocenters. The van der Waals surface area contributed by atoms with Crippen molar-refractivity contribution in [3.05, 3.63) is 24.0 Å². The van der Waals surface area contributed by atoms with Crippen LogP contribution in [-0.2, 0) is 6.54 Å². The molecule has 0 saturated heterocycles. The molecular formula is C14H21N3O. The molecule has 0 aliphatic heterocycles. The maximum atomic E-state index is 6.23. The predicted octanol–water partition coefficient (Wildman–Crippen LogP) is 2.72. The summed E-state index contributed by atoms with van der Waals surface area (Å²) in [5, 5.41) is 0. The molecule has 0 aliphatic carbocycles. The molecule has 1 unspecified atom stereocenters. The van der Waals surface area contributed by atoms with Gasteiger partial charge in [0, 0.05) is 12.6 Å². The van der Waals surface area contributed by atoms with Gasteiger partial charge in [-0.15, -0.1) is 0 Å². The molecule has 4 nitrogen and oxygen atoms in total. The molecule has 0 bridgehead atoms. The number of methoxy groups -OCH3 is 1. The minimum atomic E-state index is -0.0386. The average molecular weight is 247 g/mol. The first-order chi connectivity index (χ1) is 8.58. The molecule has 2 rings (SSSR count). The monoisotopic (exact) mass is 247 g/mol. The summed E-state index contributed by atoms with van der Waals surface area (Å²) in [4.78, 5) is 4.67. The molecule has 1 aromatic carbocycles. The number of aromatic nitrogens is 2. The van der Waals surface area contributed by atoms with Gasteiger partial charge in [0.15, 0.2) is 0 Å². The number of aryl methyl sites for hydroxylation is 1. The van der Waals surface area contributed by atoms with Crippen molar-refractivity contribution in [2.75, 3.05) is 7.11 Å². The minimum Gasteiger partial charge on any atom is -0.497 e. The smallest absolute Gasteiger partial charge is 0.127 e. The molecule has 0 radical (unpaired) electrons. The average Bonchev–Trinajstić information content (AvgIpc) is 2.74. The lowest BCUT2D eigenvalue weighted by atomic mass is 10.1. The van der Waals surface area contributed by atoms with Crippen LogP contribution < -0.4 is 10.5 Å². The van der Waals surface area contributed by atoms with E-state index in [0.717, 1.165) is 29.2 Å². The largest absolute Gasteiger partial charge is 0.497 e. The van der Waals surface area contributed by atoms with Gasteiger partial charge < -0.3 is 15.0 Å².